The zero-order valence-electron chi connectivity index (χ0n) is 20.0. The smallest absolute Gasteiger partial charge is 0.353 e. The van der Waals surface area contributed by atoms with Gasteiger partial charge in [0.25, 0.3) is 0 Å². The fourth-order valence-electron chi connectivity index (χ4n) is 5.70. The molecule has 1 atom stereocenters. The summed E-state index contributed by atoms with van der Waals surface area (Å²) >= 11 is 6.06. The molecule has 1 N–H and O–H groups in total. The van der Waals surface area contributed by atoms with Crippen molar-refractivity contribution in [3.05, 3.63) is 60.0 Å². The summed E-state index contributed by atoms with van der Waals surface area (Å²) in [6.07, 6.45) is 4.42. The molecule has 194 valence electrons. The maximum absolute atomic E-state index is 13.6. The van der Waals surface area contributed by atoms with E-state index >= 15 is 0 Å². The second kappa shape index (κ2) is 8.88. The van der Waals surface area contributed by atoms with Gasteiger partial charge in [0.1, 0.15) is 12.1 Å². The van der Waals surface area contributed by atoms with Crippen molar-refractivity contribution in [1.29, 1.82) is 0 Å². The van der Waals surface area contributed by atoms with Crippen LogP contribution < -0.4 is 4.90 Å². The zero-order valence-corrected chi connectivity index (χ0v) is 21.5. The van der Waals surface area contributed by atoms with Crippen LogP contribution in [-0.2, 0) is 19.6 Å². The van der Waals surface area contributed by atoms with Crippen LogP contribution in [0, 0.1) is 0 Å². The monoisotopic (exact) mass is 543 g/mol. The molecule has 0 radical (unpaired) electrons. The van der Waals surface area contributed by atoms with Crippen LogP contribution in [0.1, 0.15) is 12.8 Å². The van der Waals surface area contributed by atoms with Gasteiger partial charge < -0.3 is 14.7 Å². The number of ether oxygens (including phenoxy) is 1. The molecule has 3 fully saturated rings. The Balaban J connectivity index is 1.24. The molecule has 37 heavy (non-hydrogen) atoms. The molecule has 0 saturated carbocycles. The van der Waals surface area contributed by atoms with Crippen LogP contribution in [0.15, 0.2) is 59.9 Å². The maximum atomic E-state index is 13.6. The molecule has 12 heteroatoms. The number of carboxylic acids is 1. The number of rotatable bonds is 4. The average molecular weight is 544 g/mol. The number of carbonyl (C=O) groups is 1. The standard InChI is InChI=1S/C25H26ClN5O5S/c26-20-3-1-19-14-21(4-2-18(19)13-20)37(34,35)31-12-11-30-15-24(36-25(30,16-31)23(32)33)6-9-29(10-7-24)22-5-8-27-17-28-22/h1-5,8,13-14,17H,6-7,9-12,15-16H2,(H,32,33). The molecule has 1 spiro atoms. The summed E-state index contributed by atoms with van der Waals surface area (Å²) < 4.78 is 34.9. The highest BCUT2D eigenvalue weighted by Crippen LogP contribution is 2.44. The van der Waals surface area contributed by atoms with Crippen LogP contribution in [0.5, 0.6) is 0 Å². The van der Waals surface area contributed by atoms with Gasteiger partial charge in [-0.1, -0.05) is 23.7 Å². The van der Waals surface area contributed by atoms with E-state index in [-0.39, 0.29) is 24.5 Å². The Labute approximate surface area is 219 Å². The Morgan fingerprint density at radius 3 is 2.49 bits per heavy atom. The quantitative estimate of drug-likeness (QED) is 0.529. The van der Waals surface area contributed by atoms with E-state index in [9.17, 15) is 18.3 Å². The van der Waals surface area contributed by atoms with Crippen LogP contribution in [-0.4, -0.2) is 89.3 Å². The minimum Gasteiger partial charge on any atom is -0.478 e. The molecule has 2 aromatic carbocycles. The third-order valence-electron chi connectivity index (χ3n) is 7.70. The molecular formula is C25H26ClN5O5S. The lowest BCUT2D eigenvalue weighted by Crippen LogP contribution is -2.65. The van der Waals surface area contributed by atoms with Crippen molar-refractivity contribution in [1.82, 2.24) is 19.2 Å². The number of halogens is 1. The van der Waals surface area contributed by atoms with Crippen molar-refractivity contribution in [2.45, 2.75) is 29.1 Å². The van der Waals surface area contributed by atoms with Gasteiger partial charge in [0, 0.05) is 43.9 Å². The Hall–Kier alpha value is -2.83. The first-order valence-electron chi connectivity index (χ1n) is 12.1. The van der Waals surface area contributed by atoms with Crippen molar-refractivity contribution in [2.24, 2.45) is 0 Å². The Kier molecular flexibility index (Phi) is 5.88. The van der Waals surface area contributed by atoms with Crippen LogP contribution in [0.2, 0.25) is 5.02 Å². The highest BCUT2D eigenvalue weighted by molar-refractivity contribution is 7.89. The van der Waals surface area contributed by atoms with E-state index in [1.165, 1.54) is 16.7 Å². The highest BCUT2D eigenvalue weighted by atomic mass is 35.5. The molecule has 0 bridgehead atoms. The maximum Gasteiger partial charge on any atom is 0.353 e. The normalized spacial score (nSPS) is 24.4. The predicted octanol–water partition coefficient (Wildman–Crippen LogP) is 2.44. The second-order valence-corrected chi connectivity index (χ2v) is 12.2. The first kappa shape index (κ1) is 24.5. The van der Waals surface area contributed by atoms with Crippen molar-refractivity contribution in [2.75, 3.05) is 44.2 Å². The SMILES string of the molecule is O=C(O)C12CN(S(=O)(=O)c3ccc4cc(Cl)ccc4c3)CCN1CC1(CCN(c3ccncn3)CC1)O2. The van der Waals surface area contributed by atoms with Crippen molar-refractivity contribution in [3.63, 3.8) is 0 Å². The lowest BCUT2D eigenvalue weighted by atomic mass is 9.91. The summed E-state index contributed by atoms with van der Waals surface area (Å²) in [7, 11) is -3.95. The summed E-state index contributed by atoms with van der Waals surface area (Å²) in [4.78, 5) is 25.0. The molecule has 1 aromatic heterocycles. The number of piperazine rings is 1. The van der Waals surface area contributed by atoms with Gasteiger partial charge in [-0.25, -0.2) is 23.2 Å². The molecule has 4 heterocycles. The van der Waals surface area contributed by atoms with E-state index in [1.54, 1.807) is 41.4 Å². The number of nitrogens with zero attached hydrogens (tertiary/aromatic N) is 5. The van der Waals surface area contributed by atoms with Gasteiger partial charge in [-0.2, -0.15) is 4.31 Å². The van der Waals surface area contributed by atoms with Crippen LogP contribution in [0.4, 0.5) is 5.82 Å². The summed E-state index contributed by atoms with van der Waals surface area (Å²) in [6.45, 7) is 1.93. The summed E-state index contributed by atoms with van der Waals surface area (Å²) in [6, 6.07) is 11.9. The van der Waals surface area contributed by atoms with Crippen molar-refractivity contribution >= 4 is 44.2 Å². The molecule has 3 aliphatic rings. The number of sulfonamides is 1. The van der Waals surface area contributed by atoms with Gasteiger partial charge in [-0.05, 0) is 53.9 Å². The summed E-state index contributed by atoms with van der Waals surface area (Å²) in [5.74, 6) is -0.348. The third-order valence-corrected chi connectivity index (χ3v) is 9.77. The summed E-state index contributed by atoms with van der Waals surface area (Å²) in [5, 5.41) is 12.5. The number of fused-ring (bicyclic) bond motifs is 2. The molecule has 10 nitrogen and oxygen atoms in total. The second-order valence-electron chi connectivity index (χ2n) is 9.84. The molecule has 6 rings (SSSR count). The Bertz CT molecular complexity index is 1460. The van der Waals surface area contributed by atoms with E-state index in [4.69, 9.17) is 16.3 Å². The lowest BCUT2D eigenvalue weighted by Gasteiger charge is -2.42. The number of benzene rings is 2. The molecule has 0 aliphatic carbocycles. The van der Waals surface area contributed by atoms with Crippen LogP contribution >= 0.6 is 11.6 Å². The fourth-order valence-corrected chi connectivity index (χ4v) is 7.36. The Morgan fingerprint density at radius 2 is 1.76 bits per heavy atom. The number of hydrogen-bond donors (Lipinski definition) is 1. The number of anilines is 1. The van der Waals surface area contributed by atoms with E-state index in [0.717, 1.165) is 16.6 Å². The first-order chi connectivity index (χ1) is 17.7. The van der Waals surface area contributed by atoms with E-state index in [0.29, 0.717) is 37.5 Å². The molecule has 3 aromatic rings. The topological polar surface area (TPSA) is 116 Å². The zero-order chi connectivity index (χ0) is 25.8. The van der Waals surface area contributed by atoms with Crippen molar-refractivity contribution < 1.29 is 23.1 Å². The Morgan fingerprint density at radius 1 is 1.00 bits per heavy atom. The van der Waals surface area contributed by atoms with Crippen LogP contribution in [0.25, 0.3) is 10.8 Å². The van der Waals surface area contributed by atoms with E-state index in [1.807, 2.05) is 6.07 Å². The van der Waals surface area contributed by atoms with E-state index < -0.39 is 27.3 Å². The van der Waals surface area contributed by atoms with Gasteiger partial charge in [0.15, 0.2) is 0 Å². The highest BCUT2D eigenvalue weighted by Gasteiger charge is 2.62. The largest absolute Gasteiger partial charge is 0.478 e. The number of aliphatic carboxylic acids is 1. The minimum atomic E-state index is -3.95. The molecule has 1 unspecified atom stereocenters. The van der Waals surface area contributed by atoms with E-state index in [2.05, 4.69) is 14.9 Å². The molecule has 3 saturated heterocycles. The third kappa shape index (κ3) is 4.15. The molecule has 3 aliphatic heterocycles. The number of hydrogen-bond acceptors (Lipinski definition) is 8. The van der Waals surface area contributed by atoms with Gasteiger partial charge in [0.2, 0.25) is 15.7 Å². The first-order valence-corrected chi connectivity index (χ1v) is 13.9. The van der Waals surface area contributed by atoms with Crippen molar-refractivity contribution in [3.8, 4) is 0 Å². The number of aromatic nitrogens is 2. The average Bonchev–Trinajstić information content (AvgIpc) is 3.23. The predicted molar refractivity (Wildman–Crippen MR) is 137 cm³/mol. The van der Waals surface area contributed by atoms with Gasteiger partial charge >= 0.3 is 5.97 Å². The molecular weight excluding hydrogens is 518 g/mol. The fraction of sp³-hybridized carbons (Fsp3) is 0.400. The number of piperidine rings is 1. The van der Waals surface area contributed by atoms with Gasteiger partial charge in [0.05, 0.1) is 17.0 Å². The van der Waals surface area contributed by atoms with Crippen LogP contribution in [0.3, 0.4) is 0 Å². The number of carboxylic acid groups (broad SMARTS) is 1. The van der Waals surface area contributed by atoms with Gasteiger partial charge in [-0.3, -0.25) is 4.90 Å². The summed E-state index contributed by atoms with van der Waals surface area (Å²) in [5.41, 5.74) is -2.39. The molecule has 0 amide bonds. The minimum absolute atomic E-state index is 0.113. The lowest BCUT2D eigenvalue weighted by molar-refractivity contribution is -0.199. The van der Waals surface area contributed by atoms with Gasteiger partial charge in [-0.15, -0.1) is 0 Å².